The first-order chi connectivity index (χ1) is 5.74. The fraction of sp³-hybridized carbons (Fsp3) is 1.00. The summed E-state index contributed by atoms with van der Waals surface area (Å²) in [6.07, 6.45) is 1.20. The van der Waals surface area contributed by atoms with Crippen molar-refractivity contribution >= 4 is 15.9 Å². The third-order valence-corrected chi connectivity index (χ3v) is 3.50. The second-order valence-corrected chi connectivity index (χ2v) is 4.36. The van der Waals surface area contributed by atoms with E-state index >= 15 is 0 Å². The van der Waals surface area contributed by atoms with Gasteiger partial charge in [-0.1, -0.05) is 22.9 Å². The number of rotatable bonds is 4. The van der Waals surface area contributed by atoms with Crippen molar-refractivity contribution in [1.82, 2.24) is 4.90 Å². The number of halogens is 1. The zero-order valence-corrected chi connectivity index (χ0v) is 9.51. The maximum absolute atomic E-state index is 5.34. The second-order valence-electron chi connectivity index (χ2n) is 3.72. The van der Waals surface area contributed by atoms with Crippen LogP contribution in [0.15, 0.2) is 0 Å². The topological polar surface area (TPSA) is 12.5 Å². The van der Waals surface area contributed by atoms with Gasteiger partial charge in [0.2, 0.25) is 0 Å². The molecule has 0 radical (unpaired) electrons. The van der Waals surface area contributed by atoms with E-state index in [4.69, 9.17) is 4.74 Å². The molecule has 0 amide bonds. The Morgan fingerprint density at radius 3 is 2.92 bits per heavy atom. The van der Waals surface area contributed by atoms with Crippen LogP contribution in [-0.2, 0) is 4.74 Å². The van der Waals surface area contributed by atoms with Crippen LogP contribution in [0.2, 0.25) is 0 Å². The predicted octanol–water partition coefficient (Wildman–Crippen LogP) is 1.74. The SMILES string of the molecule is CC(CBr)CN(C)C1CCOC1. The van der Waals surface area contributed by atoms with Gasteiger partial charge in [0.1, 0.15) is 0 Å². The summed E-state index contributed by atoms with van der Waals surface area (Å²) in [6, 6.07) is 0.659. The number of nitrogens with zero attached hydrogens (tertiary/aromatic N) is 1. The molecule has 3 heteroatoms. The van der Waals surface area contributed by atoms with Gasteiger partial charge in [-0.2, -0.15) is 0 Å². The Labute approximate surface area is 83.4 Å². The molecule has 2 unspecified atom stereocenters. The molecule has 1 aliphatic heterocycles. The van der Waals surface area contributed by atoms with Gasteiger partial charge in [0, 0.05) is 24.5 Å². The Morgan fingerprint density at radius 2 is 2.42 bits per heavy atom. The van der Waals surface area contributed by atoms with Crippen LogP contribution in [0, 0.1) is 5.92 Å². The van der Waals surface area contributed by atoms with Gasteiger partial charge in [-0.25, -0.2) is 0 Å². The molecule has 0 aliphatic carbocycles. The molecule has 1 saturated heterocycles. The minimum Gasteiger partial charge on any atom is -0.380 e. The van der Waals surface area contributed by atoms with Crippen LogP contribution in [0.25, 0.3) is 0 Å². The summed E-state index contributed by atoms with van der Waals surface area (Å²) >= 11 is 3.49. The Hall–Kier alpha value is 0.400. The quantitative estimate of drug-likeness (QED) is 0.689. The van der Waals surface area contributed by atoms with Gasteiger partial charge in [-0.3, -0.25) is 0 Å². The van der Waals surface area contributed by atoms with Crippen molar-refractivity contribution in [3.05, 3.63) is 0 Å². The Morgan fingerprint density at radius 1 is 1.67 bits per heavy atom. The first kappa shape index (κ1) is 10.5. The minimum absolute atomic E-state index is 0.659. The highest BCUT2D eigenvalue weighted by Crippen LogP contribution is 2.12. The number of hydrogen-bond donors (Lipinski definition) is 0. The lowest BCUT2D eigenvalue weighted by atomic mass is 10.1. The van der Waals surface area contributed by atoms with Crippen LogP contribution >= 0.6 is 15.9 Å². The van der Waals surface area contributed by atoms with Crippen LogP contribution in [0.4, 0.5) is 0 Å². The van der Waals surface area contributed by atoms with Gasteiger partial charge < -0.3 is 9.64 Å². The summed E-state index contributed by atoms with van der Waals surface area (Å²) in [7, 11) is 2.19. The van der Waals surface area contributed by atoms with Crippen molar-refractivity contribution in [2.45, 2.75) is 19.4 Å². The smallest absolute Gasteiger partial charge is 0.0622 e. The lowest BCUT2D eigenvalue weighted by molar-refractivity contribution is 0.153. The van der Waals surface area contributed by atoms with E-state index in [9.17, 15) is 0 Å². The van der Waals surface area contributed by atoms with Gasteiger partial charge in [0.25, 0.3) is 0 Å². The monoisotopic (exact) mass is 235 g/mol. The molecule has 0 spiro atoms. The Balaban J connectivity index is 2.21. The van der Waals surface area contributed by atoms with Gasteiger partial charge in [-0.15, -0.1) is 0 Å². The van der Waals surface area contributed by atoms with Crippen LogP contribution < -0.4 is 0 Å². The van der Waals surface area contributed by atoms with Crippen molar-refractivity contribution in [3.63, 3.8) is 0 Å². The molecule has 1 fully saturated rings. The van der Waals surface area contributed by atoms with Crippen LogP contribution in [-0.4, -0.2) is 43.1 Å². The molecule has 12 heavy (non-hydrogen) atoms. The summed E-state index contributed by atoms with van der Waals surface area (Å²) in [5, 5.41) is 1.09. The van der Waals surface area contributed by atoms with Crippen molar-refractivity contribution in [3.8, 4) is 0 Å². The molecule has 0 N–H and O–H groups in total. The highest BCUT2D eigenvalue weighted by atomic mass is 79.9. The van der Waals surface area contributed by atoms with E-state index in [-0.39, 0.29) is 0 Å². The molecule has 1 heterocycles. The molecule has 0 aromatic rings. The molecular formula is C9H18BrNO. The lowest BCUT2D eigenvalue weighted by Crippen LogP contribution is -2.35. The fourth-order valence-electron chi connectivity index (χ4n) is 1.56. The van der Waals surface area contributed by atoms with E-state index in [1.807, 2.05) is 0 Å². The standard InChI is InChI=1S/C9H18BrNO/c1-8(5-10)6-11(2)9-3-4-12-7-9/h8-9H,3-7H2,1-2H3. The fourth-order valence-corrected chi connectivity index (χ4v) is 1.76. The van der Waals surface area contributed by atoms with Gasteiger partial charge >= 0.3 is 0 Å². The van der Waals surface area contributed by atoms with E-state index in [0.29, 0.717) is 6.04 Å². The number of likely N-dealkylation sites (N-methyl/N-ethyl adjacent to an activating group) is 1. The van der Waals surface area contributed by atoms with Crippen molar-refractivity contribution in [2.75, 3.05) is 32.1 Å². The zero-order chi connectivity index (χ0) is 8.97. The molecule has 0 aromatic carbocycles. The third-order valence-electron chi connectivity index (χ3n) is 2.39. The highest BCUT2D eigenvalue weighted by molar-refractivity contribution is 9.09. The van der Waals surface area contributed by atoms with Crippen molar-refractivity contribution in [2.24, 2.45) is 5.92 Å². The molecule has 0 saturated carbocycles. The van der Waals surface area contributed by atoms with Crippen LogP contribution in [0.1, 0.15) is 13.3 Å². The molecule has 72 valence electrons. The normalized spacial score (nSPS) is 26.5. The van der Waals surface area contributed by atoms with Crippen LogP contribution in [0.3, 0.4) is 0 Å². The summed E-state index contributed by atoms with van der Waals surface area (Å²) in [4.78, 5) is 2.42. The number of hydrogen-bond acceptors (Lipinski definition) is 2. The van der Waals surface area contributed by atoms with E-state index in [1.165, 1.54) is 13.0 Å². The minimum atomic E-state index is 0.659. The molecular weight excluding hydrogens is 218 g/mol. The summed E-state index contributed by atoms with van der Waals surface area (Å²) < 4.78 is 5.34. The number of alkyl halides is 1. The van der Waals surface area contributed by atoms with E-state index in [0.717, 1.165) is 24.5 Å². The lowest BCUT2D eigenvalue weighted by Gasteiger charge is -2.25. The summed E-state index contributed by atoms with van der Waals surface area (Å²) in [6.45, 7) is 5.30. The first-order valence-electron chi connectivity index (χ1n) is 4.58. The van der Waals surface area contributed by atoms with Gasteiger partial charge in [0.15, 0.2) is 0 Å². The van der Waals surface area contributed by atoms with Crippen molar-refractivity contribution < 1.29 is 4.74 Å². The molecule has 0 bridgehead atoms. The summed E-state index contributed by atoms with van der Waals surface area (Å²) in [5.41, 5.74) is 0. The molecule has 1 rings (SSSR count). The first-order valence-corrected chi connectivity index (χ1v) is 5.70. The van der Waals surface area contributed by atoms with Crippen LogP contribution in [0.5, 0.6) is 0 Å². The van der Waals surface area contributed by atoms with Gasteiger partial charge in [0.05, 0.1) is 6.61 Å². The van der Waals surface area contributed by atoms with E-state index in [1.54, 1.807) is 0 Å². The average molecular weight is 236 g/mol. The second kappa shape index (κ2) is 5.20. The maximum atomic E-state index is 5.34. The molecule has 0 aromatic heterocycles. The predicted molar refractivity (Wildman–Crippen MR) is 54.8 cm³/mol. The highest BCUT2D eigenvalue weighted by Gasteiger charge is 2.20. The average Bonchev–Trinajstić information content (AvgIpc) is 2.56. The summed E-state index contributed by atoms with van der Waals surface area (Å²) in [5.74, 6) is 0.732. The largest absolute Gasteiger partial charge is 0.380 e. The molecule has 1 aliphatic rings. The Bertz CT molecular complexity index is 126. The van der Waals surface area contributed by atoms with E-state index in [2.05, 4.69) is 34.8 Å². The third kappa shape index (κ3) is 3.04. The molecule has 2 nitrogen and oxygen atoms in total. The zero-order valence-electron chi connectivity index (χ0n) is 7.92. The molecule has 2 atom stereocenters. The van der Waals surface area contributed by atoms with Gasteiger partial charge in [-0.05, 0) is 19.4 Å². The maximum Gasteiger partial charge on any atom is 0.0622 e. The van der Waals surface area contributed by atoms with E-state index < -0.39 is 0 Å². The number of ether oxygens (including phenoxy) is 1. The Kier molecular flexibility index (Phi) is 4.54. The van der Waals surface area contributed by atoms with Crippen molar-refractivity contribution in [1.29, 1.82) is 0 Å².